The van der Waals surface area contributed by atoms with Crippen LogP contribution in [0.4, 0.5) is 0 Å². The topological polar surface area (TPSA) is 58.4 Å². The first-order valence-corrected chi connectivity index (χ1v) is 8.63. The maximum absolute atomic E-state index is 12.8. The van der Waals surface area contributed by atoms with Gasteiger partial charge in [-0.2, -0.15) is 5.10 Å². The third-order valence-corrected chi connectivity index (χ3v) is 5.15. The predicted octanol–water partition coefficient (Wildman–Crippen LogP) is 3.07. The van der Waals surface area contributed by atoms with E-state index in [9.17, 15) is 9.90 Å². The summed E-state index contributed by atoms with van der Waals surface area (Å²) in [5.74, 6) is 0.274. The highest BCUT2D eigenvalue weighted by Gasteiger charge is 2.28. The minimum atomic E-state index is -0.313. The second-order valence-electron chi connectivity index (χ2n) is 6.38. The first-order chi connectivity index (χ1) is 11.5. The van der Waals surface area contributed by atoms with Crippen LogP contribution in [0, 0.1) is 12.8 Å². The average Bonchev–Trinajstić information content (AvgIpc) is 2.96. The molecule has 5 nitrogen and oxygen atoms in total. The van der Waals surface area contributed by atoms with Crippen LogP contribution in [0.2, 0.25) is 5.02 Å². The van der Waals surface area contributed by atoms with E-state index < -0.39 is 0 Å². The van der Waals surface area contributed by atoms with Gasteiger partial charge in [0.25, 0.3) is 5.91 Å². The molecule has 0 aliphatic carbocycles. The molecule has 1 aliphatic heterocycles. The Morgan fingerprint density at radius 2 is 2.00 bits per heavy atom. The monoisotopic (exact) mass is 347 g/mol. The Morgan fingerprint density at radius 3 is 2.62 bits per heavy atom. The molecule has 0 bridgehead atoms. The maximum Gasteiger partial charge on any atom is 0.257 e. The van der Waals surface area contributed by atoms with Crippen molar-refractivity contribution in [1.29, 1.82) is 0 Å². The van der Waals surface area contributed by atoms with Crippen LogP contribution in [0.5, 0.6) is 0 Å². The molecule has 3 rings (SSSR count). The van der Waals surface area contributed by atoms with Crippen molar-refractivity contribution < 1.29 is 9.90 Å². The third kappa shape index (κ3) is 3.19. The fourth-order valence-electron chi connectivity index (χ4n) is 3.24. The first kappa shape index (κ1) is 17.0. The summed E-state index contributed by atoms with van der Waals surface area (Å²) in [4.78, 5) is 14.7. The minimum Gasteiger partial charge on any atom is -0.393 e. The average molecular weight is 348 g/mol. The number of hydrogen-bond acceptors (Lipinski definition) is 3. The Morgan fingerprint density at radius 1 is 1.33 bits per heavy atom. The number of hydrogen-bond donors (Lipinski definition) is 1. The van der Waals surface area contributed by atoms with E-state index in [1.165, 1.54) is 0 Å². The highest BCUT2D eigenvalue weighted by Crippen LogP contribution is 2.25. The number of benzene rings is 1. The fraction of sp³-hybridized carbons (Fsp3) is 0.444. The van der Waals surface area contributed by atoms with E-state index in [1.54, 1.807) is 16.9 Å². The standard InChI is InChI=1S/C18H22ClN3O2/c1-12-15(11-20-22(12)17-6-4-3-5-16(17)19)18(24)21-9-7-14(8-10-21)13(2)23/h3-6,11,13-14,23H,7-10H2,1-2H3. The van der Waals surface area contributed by atoms with Crippen LogP contribution in [-0.2, 0) is 0 Å². The fourth-order valence-corrected chi connectivity index (χ4v) is 3.46. The van der Waals surface area contributed by atoms with E-state index in [1.807, 2.05) is 36.9 Å². The van der Waals surface area contributed by atoms with E-state index >= 15 is 0 Å². The molecule has 0 spiro atoms. The highest BCUT2D eigenvalue weighted by molar-refractivity contribution is 6.32. The number of rotatable bonds is 3. The number of aliphatic hydroxyl groups is 1. The zero-order valence-corrected chi connectivity index (χ0v) is 14.7. The van der Waals surface area contributed by atoms with Crippen LogP contribution in [0.3, 0.4) is 0 Å². The van der Waals surface area contributed by atoms with Crippen LogP contribution in [0.1, 0.15) is 35.8 Å². The van der Waals surface area contributed by atoms with Gasteiger partial charge in [0, 0.05) is 13.1 Å². The van der Waals surface area contributed by atoms with Gasteiger partial charge in [-0.3, -0.25) is 4.79 Å². The molecule has 1 fully saturated rings. The van der Waals surface area contributed by atoms with Crippen molar-refractivity contribution in [3.8, 4) is 5.69 Å². The van der Waals surface area contributed by atoms with Gasteiger partial charge in [-0.05, 0) is 44.7 Å². The molecular weight excluding hydrogens is 326 g/mol. The lowest BCUT2D eigenvalue weighted by Gasteiger charge is -2.33. The van der Waals surface area contributed by atoms with Gasteiger partial charge in [-0.25, -0.2) is 4.68 Å². The Kier molecular flexibility index (Phi) is 4.92. The second kappa shape index (κ2) is 6.95. The molecule has 1 aromatic heterocycles. The Balaban J connectivity index is 1.79. The van der Waals surface area contributed by atoms with E-state index in [0.29, 0.717) is 23.7 Å². The van der Waals surface area contributed by atoms with Crippen molar-refractivity contribution in [2.45, 2.75) is 32.8 Å². The van der Waals surface area contributed by atoms with Gasteiger partial charge in [0.05, 0.1) is 34.3 Å². The zero-order valence-electron chi connectivity index (χ0n) is 13.9. The summed E-state index contributed by atoms with van der Waals surface area (Å²) >= 11 is 6.23. The SMILES string of the molecule is Cc1c(C(=O)N2CCC(C(C)O)CC2)cnn1-c1ccccc1Cl. The Hall–Kier alpha value is -1.85. The molecule has 1 N–H and O–H groups in total. The van der Waals surface area contributed by atoms with Crippen molar-refractivity contribution in [2.24, 2.45) is 5.92 Å². The van der Waals surface area contributed by atoms with Gasteiger partial charge in [-0.1, -0.05) is 23.7 Å². The molecule has 1 atom stereocenters. The number of para-hydroxylation sites is 1. The largest absolute Gasteiger partial charge is 0.393 e. The van der Waals surface area contributed by atoms with Gasteiger partial charge >= 0.3 is 0 Å². The molecule has 1 aliphatic rings. The van der Waals surface area contributed by atoms with E-state index in [4.69, 9.17) is 11.6 Å². The van der Waals surface area contributed by atoms with Crippen LogP contribution in [0.15, 0.2) is 30.5 Å². The molecule has 0 saturated carbocycles. The Bertz CT molecular complexity index is 734. The van der Waals surface area contributed by atoms with Crippen molar-refractivity contribution >= 4 is 17.5 Å². The number of carbonyl (C=O) groups excluding carboxylic acids is 1. The number of carbonyl (C=O) groups is 1. The quantitative estimate of drug-likeness (QED) is 0.928. The molecule has 2 aromatic rings. The highest BCUT2D eigenvalue weighted by atomic mass is 35.5. The molecule has 1 unspecified atom stereocenters. The van der Waals surface area contributed by atoms with Gasteiger partial charge in [-0.15, -0.1) is 0 Å². The van der Waals surface area contributed by atoms with Crippen molar-refractivity contribution in [2.75, 3.05) is 13.1 Å². The summed E-state index contributed by atoms with van der Waals surface area (Å²) in [5, 5.41) is 14.6. The molecule has 1 saturated heterocycles. The maximum atomic E-state index is 12.8. The minimum absolute atomic E-state index is 0.00477. The molecule has 24 heavy (non-hydrogen) atoms. The number of aromatic nitrogens is 2. The second-order valence-corrected chi connectivity index (χ2v) is 6.78. The van der Waals surface area contributed by atoms with E-state index in [2.05, 4.69) is 5.10 Å². The lowest BCUT2D eigenvalue weighted by Crippen LogP contribution is -2.40. The molecule has 1 amide bonds. The van der Waals surface area contributed by atoms with E-state index in [0.717, 1.165) is 24.2 Å². The van der Waals surface area contributed by atoms with Crippen LogP contribution in [0.25, 0.3) is 5.69 Å². The van der Waals surface area contributed by atoms with Crippen LogP contribution >= 0.6 is 11.6 Å². The number of halogens is 1. The summed E-state index contributed by atoms with van der Waals surface area (Å²) in [6, 6.07) is 7.44. The lowest BCUT2D eigenvalue weighted by atomic mass is 9.92. The Labute approximate surface area is 146 Å². The van der Waals surface area contributed by atoms with Crippen molar-refractivity contribution in [3.63, 3.8) is 0 Å². The van der Waals surface area contributed by atoms with E-state index in [-0.39, 0.29) is 17.9 Å². The molecule has 128 valence electrons. The predicted molar refractivity (Wildman–Crippen MR) is 93.6 cm³/mol. The molecule has 2 heterocycles. The molecular formula is C18H22ClN3O2. The van der Waals surface area contributed by atoms with Crippen LogP contribution < -0.4 is 0 Å². The van der Waals surface area contributed by atoms with Gasteiger partial charge in [0.1, 0.15) is 0 Å². The summed E-state index contributed by atoms with van der Waals surface area (Å²) in [6.07, 6.45) is 2.97. The molecule has 6 heteroatoms. The van der Waals surface area contributed by atoms with Crippen molar-refractivity contribution in [3.05, 3.63) is 46.7 Å². The summed E-state index contributed by atoms with van der Waals surface area (Å²) in [6.45, 7) is 5.04. The summed E-state index contributed by atoms with van der Waals surface area (Å²) in [5.41, 5.74) is 2.15. The number of amides is 1. The van der Waals surface area contributed by atoms with Gasteiger partial charge in [0.2, 0.25) is 0 Å². The first-order valence-electron chi connectivity index (χ1n) is 8.26. The number of likely N-dealkylation sites (tertiary alicyclic amines) is 1. The molecule has 0 radical (unpaired) electrons. The lowest BCUT2D eigenvalue weighted by molar-refractivity contribution is 0.0521. The van der Waals surface area contributed by atoms with Crippen molar-refractivity contribution in [1.82, 2.24) is 14.7 Å². The van der Waals surface area contributed by atoms with Gasteiger partial charge in [0.15, 0.2) is 0 Å². The normalized spacial score (nSPS) is 17.1. The van der Waals surface area contributed by atoms with Gasteiger partial charge < -0.3 is 10.0 Å². The number of aliphatic hydroxyl groups excluding tert-OH is 1. The molecule has 1 aromatic carbocycles. The summed E-state index contributed by atoms with van der Waals surface area (Å²) < 4.78 is 1.71. The third-order valence-electron chi connectivity index (χ3n) is 4.83. The number of piperidine rings is 1. The zero-order chi connectivity index (χ0) is 17.3. The number of nitrogens with zero attached hydrogens (tertiary/aromatic N) is 3. The van der Waals surface area contributed by atoms with Crippen LogP contribution in [-0.4, -0.2) is 44.9 Å². The smallest absolute Gasteiger partial charge is 0.257 e. The summed E-state index contributed by atoms with van der Waals surface area (Å²) in [7, 11) is 0.